The van der Waals surface area contributed by atoms with Crippen LogP contribution in [0.3, 0.4) is 0 Å². The lowest BCUT2D eigenvalue weighted by atomic mass is 9.38. The Morgan fingerprint density at radius 3 is 1.38 bits per heavy atom. The van der Waals surface area contributed by atoms with Crippen molar-refractivity contribution in [2.75, 3.05) is 0 Å². The van der Waals surface area contributed by atoms with Crippen LogP contribution in [-0.2, 0) is 0 Å². The zero-order chi connectivity index (χ0) is 19.5. The summed E-state index contributed by atoms with van der Waals surface area (Å²) >= 11 is 0. The highest BCUT2D eigenvalue weighted by molar-refractivity contribution is 6.99. The maximum absolute atomic E-state index is 2.43. The fourth-order valence-corrected chi connectivity index (χ4v) is 5.35. The van der Waals surface area contributed by atoms with Crippen LogP contribution in [0.25, 0.3) is 32.7 Å². The molecule has 6 rings (SSSR count). The molecule has 1 heterocycles. The first-order chi connectivity index (χ1) is 14.2. The van der Waals surface area contributed by atoms with Gasteiger partial charge < -0.3 is 0 Å². The zero-order valence-corrected chi connectivity index (χ0v) is 16.7. The summed E-state index contributed by atoms with van der Waals surface area (Å²) in [6.07, 6.45) is 0. The standard InChI is InChI=1S/C28H21B/c1-18-16-25-27(23-14-8-6-12-21(18)23)28-24-15-9-7-13-22(24)19(2)17-26(28)29(25)20-10-4-3-5-11-20/h3-17H,1-2H3. The predicted octanol–water partition coefficient (Wildman–Crippen LogP) is 5.11. The quantitative estimate of drug-likeness (QED) is 0.354. The third-order valence-corrected chi connectivity index (χ3v) is 6.57. The molecule has 5 aromatic carbocycles. The van der Waals surface area contributed by atoms with Crippen molar-refractivity contribution in [2.45, 2.75) is 13.8 Å². The normalized spacial score (nSPS) is 12.4. The van der Waals surface area contributed by atoms with Crippen LogP contribution < -0.4 is 16.4 Å². The van der Waals surface area contributed by atoms with E-state index >= 15 is 0 Å². The summed E-state index contributed by atoms with van der Waals surface area (Å²) in [7, 11) is 0. The van der Waals surface area contributed by atoms with Crippen molar-refractivity contribution in [1.82, 2.24) is 0 Å². The van der Waals surface area contributed by atoms with E-state index in [1.807, 2.05) is 0 Å². The summed E-state index contributed by atoms with van der Waals surface area (Å²) in [6.45, 7) is 4.78. The Hall–Kier alpha value is -3.32. The van der Waals surface area contributed by atoms with Crippen molar-refractivity contribution in [3.8, 4) is 11.1 Å². The van der Waals surface area contributed by atoms with Crippen LogP contribution in [0.2, 0.25) is 0 Å². The fraction of sp³-hybridized carbons (Fsp3) is 0.0714. The van der Waals surface area contributed by atoms with Gasteiger partial charge in [-0.25, -0.2) is 0 Å². The molecule has 1 heteroatoms. The molecule has 0 saturated carbocycles. The Morgan fingerprint density at radius 2 is 0.897 bits per heavy atom. The largest absolute Gasteiger partial charge is 0.242 e. The SMILES string of the molecule is Cc1cc2c(c3ccccc13)-c1c(cc(C)c3ccccc13)B2c1ccccc1. The van der Waals surface area contributed by atoms with Crippen LogP contribution in [0.1, 0.15) is 11.1 Å². The molecule has 0 fully saturated rings. The van der Waals surface area contributed by atoms with Gasteiger partial charge in [-0.2, -0.15) is 0 Å². The number of hydrogen-bond acceptors (Lipinski definition) is 0. The Labute approximate surface area is 171 Å². The molecule has 0 unspecified atom stereocenters. The van der Waals surface area contributed by atoms with E-state index in [9.17, 15) is 0 Å². The third kappa shape index (κ3) is 2.28. The van der Waals surface area contributed by atoms with Gasteiger partial charge >= 0.3 is 0 Å². The van der Waals surface area contributed by atoms with E-state index in [1.165, 1.54) is 60.2 Å². The second kappa shape index (κ2) is 6.09. The molecule has 0 bridgehead atoms. The van der Waals surface area contributed by atoms with Crippen LogP contribution in [0.4, 0.5) is 0 Å². The Morgan fingerprint density at radius 1 is 0.483 bits per heavy atom. The van der Waals surface area contributed by atoms with E-state index in [1.54, 1.807) is 0 Å². The molecule has 5 aromatic rings. The highest BCUT2D eigenvalue weighted by atomic mass is 14.2. The summed E-state index contributed by atoms with van der Waals surface area (Å²) in [6, 6.07) is 33.6. The molecular weight excluding hydrogens is 347 g/mol. The molecule has 1 aliphatic rings. The van der Waals surface area contributed by atoms with Crippen molar-refractivity contribution in [2.24, 2.45) is 0 Å². The molecule has 136 valence electrons. The molecule has 1 aliphatic heterocycles. The van der Waals surface area contributed by atoms with Gasteiger partial charge in [0.25, 0.3) is 0 Å². The summed E-state index contributed by atoms with van der Waals surface area (Å²) in [4.78, 5) is 0. The highest BCUT2D eigenvalue weighted by Crippen LogP contribution is 2.37. The monoisotopic (exact) mass is 368 g/mol. The molecule has 0 radical (unpaired) electrons. The summed E-state index contributed by atoms with van der Waals surface area (Å²) in [5.41, 5.74) is 9.81. The molecule has 0 N–H and O–H groups in total. The first kappa shape index (κ1) is 16.6. The first-order valence-corrected chi connectivity index (χ1v) is 10.3. The minimum Gasteiger partial charge on any atom is -0.0686 e. The highest BCUT2D eigenvalue weighted by Gasteiger charge is 2.36. The van der Waals surface area contributed by atoms with Gasteiger partial charge in [-0.3, -0.25) is 0 Å². The van der Waals surface area contributed by atoms with Gasteiger partial charge in [-0.1, -0.05) is 107 Å². The predicted molar refractivity (Wildman–Crippen MR) is 127 cm³/mol. The fourth-order valence-electron chi connectivity index (χ4n) is 5.35. The number of benzene rings is 5. The maximum atomic E-state index is 2.43. The van der Waals surface area contributed by atoms with Gasteiger partial charge in [0.05, 0.1) is 0 Å². The lowest BCUT2D eigenvalue weighted by molar-refractivity contribution is 1.54. The third-order valence-electron chi connectivity index (χ3n) is 6.57. The minimum absolute atomic E-state index is 0.285. The average Bonchev–Trinajstić information content (AvgIpc) is 3.08. The lowest BCUT2D eigenvalue weighted by Gasteiger charge is -2.13. The van der Waals surface area contributed by atoms with Gasteiger partial charge in [0.1, 0.15) is 0 Å². The number of hydrogen-bond donors (Lipinski definition) is 0. The first-order valence-electron chi connectivity index (χ1n) is 10.3. The van der Waals surface area contributed by atoms with Gasteiger partial charge in [-0.05, 0) is 57.6 Å². The van der Waals surface area contributed by atoms with E-state index in [0.717, 1.165) is 0 Å². The van der Waals surface area contributed by atoms with E-state index in [4.69, 9.17) is 0 Å². The van der Waals surface area contributed by atoms with Crippen LogP contribution in [-0.4, -0.2) is 6.71 Å². The van der Waals surface area contributed by atoms with Crippen LogP contribution in [0.15, 0.2) is 91.0 Å². The average molecular weight is 368 g/mol. The topological polar surface area (TPSA) is 0 Å². The Balaban J connectivity index is 1.84. The van der Waals surface area contributed by atoms with E-state index in [2.05, 4.69) is 105 Å². The van der Waals surface area contributed by atoms with Gasteiger partial charge in [0.15, 0.2) is 0 Å². The molecule has 0 atom stereocenters. The van der Waals surface area contributed by atoms with E-state index in [0.29, 0.717) is 0 Å². The minimum atomic E-state index is 0.285. The summed E-state index contributed by atoms with van der Waals surface area (Å²) in [5, 5.41) is 5.46. The maximum Gasteiger partial charge on any atom is 0.242 e. The van der Waals surface area contributed by atoms with Crippen molar-refractivity contribution in [3.63, 3.8) is 0 Å². The molecule has 0 nitrogen and oxygen atoms in total. The van der Waals surface area contributed by atoms with Crippen molar-refractivity contribution in [1.29, 1.82) is 0 Å². The molecule has 0 spiro atoms. The van der Waals surface area contributed by atoms with E-state index < -0.39 is 0 Å². The molecule has 0 saturated heterocycles. The number of rotatable bonds is 1. The van der Waals surface area contributed by atoms with Crippen molar-refractivity contribution in [3.05, 3.63) is 102 Å². The van der Waals surface area contributed by atoms with Crippen molar-refractivity contribution >= 4 is 44.6 Å². The lowest BCUT2D eigenvalue weighted by Crippen LogP contribution is -2.49. The Bertz CT molecular complexity index is 1320. The van der Waals surface area contributed by atoms with Crippen LogP contribution in [0.5, 0.6) is 0 Å². The molecule has 0 aromatic heterocycles. The summed E-state index contributed by atoms with van der Waals surface area (Å²) in [5.74, 6) is 0. The molecule has 0 aliphatic carbocycles. The summed E-state index contributed by atoms with van der Waals surface area (Å²) < 4.78 is 0. The van der Waals surface area contributed by atoms with Crippen LogP contribution in [0, 0.1) is 13.8 Å². The zero-order valence-electron chi connectivity index (χ0n) is 16.7. The molecular formula is C28H21B. The smallest absolute Gasteiger partial charge is 0.0686 e. The molecule has 0 amide bonds. The van der Waals surface area contributed by atoms with Gasteiger partial charge in [0.2, 0.25) is 6.71 Å². The second-order valence-electron chi connectivity index (χ2n) is 8.25. The van der Waals surface area contributed by atoms with Gasteiger partial charge in [-0.15, -0.1) is 0 Å². The van der Waals surface area contributed by atoms with Crippen molar-refractivity contribution < 1.29 is 0 Å². The van der Waals surface area contributed by atoms with Gasteiger partial charge in [0, 0.05) is 0 Å². The number of fused-ring (bicyclic) bond motifs is 7. The van der Waals surface area contributed by atoms with E-state index in [-0.39, 0.29) is 6.71 Å². The number of aryl methyl sites for hydroxylation is 2. The Kier molecular flexibility index (Phi) is 3.49. The molecule has 29 heavy (non-hydrogen) atoms. The second-order valence-corrected chi connectivity index (χ2v) is 8.25. The van der Waals surface area contributed by atoms with Crippen LogP contribution >= 0.6 is 0 Å².